The Morgan fingerprint density at radius 1 is 1.17 bits per heavy atom. The Labute approximate surface area is 106 Å². The van der Waals surface area contributed by atoms with Crippen LogP contribution in [0.2, 0.25) is 0 Å². The molecule has 1 saturated heterocycles. The Hall–Kier alpha value is -1.71. The molecule has 0 N–H and O–H groups in total. The van der Waals surface area contributed by atoms with Crippen LogP contribution >= 0.6 is 0 Å². The number of fused-ring (bicyclic) bond motifs is 1. The first-order valence-corrected chi connectivity index (χ1v) is 6.25. The molecule has 4 heteroatoms. The number of hydrogen-bond acceptors (Lipinski definition) is 4. The highest BCUT2D eigenvalue weighted by Gasteiger charge is 2.37. The molecule has 1 aromatic carbocycles. The number of rotatable bonds is 1. The minimum absolute atomic E-state index is 0.124. The molecule has 0 aromatic heterocycles. The van der Waals surface area contributed by atoms with E-state index in [0.29, 0.717) is 26.2 Å². The third-order valence-electron chi connectivity index (χ3n) is 3.53. The fourth-order valence-corrected chi connectivity index (χ4v) is 2.66. The van der Waals surface area contributed by atoms with E-state index in [1.807, 2.05) is 18.2 Å². The summed E-state index contributed by atoms with van der Waals surface area (Å²) < 4.78 is 11.1. The summed E-state index contributed by atoms with van der Waals surface area (Å²) in [6.07, 6.45) is 0.599. The maximum Gasteiger partial charge on any atom is 0.163 e. The standard InChI is InChI=1S/C14H17NO3/c1-14(2)8-11(16)9-15(14)10-3-4-12-13(7-10)18-6-5-17-12/h3-4,7H,5-6,8-9H2,1-2H3. The van der Waals surface area contributed by atoms with Crippen molar-refractivity contribution in [3.63, 3.8) is 0 Å². The zero-order valence-electron chi connectivity index (χ0n) is 10.7. The molecule has 3 rings (SSSR count). The quantitative estimate of drug-likeness (QED) is 0.761. The molecule has 1 fully saturated rings. The third kappa shape index (κ3) is 1.82. The molecule has 4 nitrogen and oxygen atoms in total. The van der Waals surface area contributed by atoms with Crippen molar-refractivity contribution in [2.45, 2.75) is 25.8 Å². The van der Waals surface area contributed by atoms with Gasteiger partial charge in [-0.05, 0) is 26.0 Å². The lowest BCUT2D eigenvalue weighted by molar-refractivity contribution is -0.116. The number of nitrogens with zero attached hydrogens (tertiary/aromatic N) is 1. The Bertz CT molecular complexity index is 496. The van der Waals surface area contributed by atoms with Crippen molar-refractivity contribution in [3.05, 3.63) is 18.2 Å². The molecular weight excluding hydrogens is 230 g/mol. The van der Waals surface area contributed by atoms with Crippen molar-refractivity contribution in [2.24, 2.45) is 0 Å². The molecule has 0 aliphatic carbocycles. The van der Waals surface area contributed by atoms with Gasteiger partial charge in [-0.2, -0.15) is 0 Å². The van der Waals surface area contributed by atoms with Crippen molar-refractivity contribution in [1.29, 1.82) is 0 Å². The zero-order chi connectivity index (χ0) is 12.8. The summed E-state index contributed by atoms with van der Waals surface area (Å²) in [5.74, 6) is 1.84. The van der Waals surface area contributed by atoms with Gasteiger partial charge in [-0.3, -0.25) is 4.79 Å². The Balaban J connectivity index is 1.95. The highest BCUT2D eigenvalue weighted by molar-refractivity contribution is 5.89. The topological polar surface area (TPSA) is 38.8 Å². The highest BCUT2D eigenvalue weighted by atomic mass is 16.6. The molecule has 2 heterocycles. The number of anilines is 1. The molecule has 0 amide bonds. The van der Waals surface area contributed by atoms with E-state index in [-0.39, 0.29) is 11.3 Å². The average molecular weight is 247 g/mol. The van der Waals surface area contributed by atoms with Crippen LogP contribution in [-0.2, 0) is 4.79 Å². The first-order chi connectivity index (χ1) is 8.56. The van der Waals surface area contributed by atoms with Crippen LogP contribution in [0, 0.1) is 0 Å². The van der Waals surface area contributed by atoms with Gasteiger partial charge in [-0.1, -0.05) is 0 Å². The fraction of sp³-hybridized carbons (Fsp3) is 0.500. The first-order valence-electron chi connectivity index (χ1n) is 6.25. The van der Waals surface area contributed by atoms with Crippen LogP contribution in [0.4, 0.5) is 5.69 Å². The highest BCUT2D eigenvalue weighted by Crippen LogP contribution is 2.38. The van der Waals surface area contributed by atoms with Crippen LogP contribution in [0.1, 0.15) is 20.3 Å². The number of benzene rings is 1. The van der Waals surface area contributed by atoms with Crippen LogP contribution in [0.15, 0.2) is 18.2 Å². The van der Waals surface area contributed by atoms with Crippen LogP contribution in [0.3, 0.4) is 0 Å². The van der Waals surface area contributed by atoms with Gasteiger partial charge in [0.05, 0.1) is 6.54 Å². The maximum atomic E-state index is 11.6. The molecular formula is C14H17NO3. The van der Waals surface area contributed by atoms with Gasteiger partial charge >= 0.3 is 0 Å². The minimum atomic E-state index is -0.124. The smallest absolute Gasteiger partial charge is 0.163 e. The summed E-state index contributed by atoms with van der Waals surface area (Å²) >= 11 is 0. The van der Waals surface area contributed by atoms with Crippen LogP contribution in [0.25, 0.3) is 0 Å². The molecule has 18 heavy (non-hydrogen) atoms. The number of carbonyl (C=O) groups excluding carboxylic acids is 1. The van der Waals surface area contributed by atoms with E-state index in [2.05, 4.69) is 18.7 Å². The Morgan fingerprint density at radius 3 is 2.56 bits per heavy atom. The molecule has 0 unspecified atom stereocenters. The number of Topliss-reactive ketones (excluding diaryl/α,β-unsaturated/α-hetero) is 1. The molecule has 2 aliphatic heterocycles. The summed E-state index contributed by atoms with van der Waals surface area (Å²) in [6.45, 7) is 5.84. The molecule has 96 valence electrons. The van der Waals surface area contributed by atoms with E-state index in [0.717, 1.165) is 17.2 Å². The van der Waals surface area contributed by atoms with E-state index in [1.165, 1.54) is 0 Å². The number of ketones is 1. The fourth-order valence-electron chi connectivity index (χ4n) is 2.66. The summed E-state index contributed by atoms with van der Waals surface area (Å²) in [6, 6.07) is 5.88. The molecule has 0 spiro atoms. The minimum Gasteiger partial charge on any atom is -0.486 e. The molecule has 0 radical (unpaired) electrons. The van der Waals surface area contributed by atoms with Crippen molar-refractivity contribution in [3.8, 4) is 11.5 Å². The summed E-state index contributed by atoms with van der Waals surface area (Å²) in [5.41, 5.74) is 0.899. The van der Waals surface area contributed by atoms with Gasteiger partial charge in [0.15, 0.2) is 17.3 Å². The second-order valence-electron chi connectivity index (χ2n) is 5.44. The Kier molecular flexibility index (Phi) is 2.47. The normalized spacial score (nSPS) is 21.2. The van der Waals surface area contributed by atoms with E-state index in [1.54, 1.807) is 0 Å². The van der Waals surface area contributed by atoms with Gasteiger partial charge in [0, 0.05) is 23.7 Å². The van der Waals surface area contributed by atoms with Crippen molar-refractivity contribution < 1.29 is 14.3 Å². The van der Waals surface area contributed by atoms with E-state index >= 15 is 0 Å². The van der Waals surface area contributed by atoms with Crippen molar-refractivity contribution in [2.75, 3.05) is 24.7 Å². The van der Waals surface area contributed by atoms with Gasteiger partial charge in [-0.15, -0.1) is 0 Å². The van der Waals surface area contributed by atoms with E-state index in [9.17, 15) is 4.79 Å². The van der Waals surface area contributed by atoms with Gasteiger partial charge in [0.1, 0.15) is 13.2 Å². The van der Waals surface area contributed by atoms with Crippen molar-refractivity contribution >= 4 is 11.5 Å². The van der Waals surface area contributed by atoms with Gasteiger partial charge < -0.3 is 14.4 Å². The maximum absolute atomic E-state index is 11.6. The molecule has 0 saturated carbocycles. The van der Waals surface area contributed by atoms with Crippen LogP contribution in [0.5, 0.6) is 11.5 Å². The molecule has 0 bridgehead atoms. The summed E-state index contributed by atoms with van der Waals surface area (Å²) in [5, 5.41) is 0. The third-order valence-corrected chi connectivity index (χ3v) is 3.53. The number of ether oxygens (including phenoxy) is 2. The van der Waals surface area contributed by atoms with Crippen LogP contribution < -0.4 is 14.4 Å². The second kappa shape index (κ2) is 3.90. The van der Waals surface area contributed by atoms with Gasteiger partial charge in [0.25, 0.3) is 0 Å². The van der Waals surface area contributed by atoms with E-state index < -0.39 is 0 Å². The lowest BCUT2D eigenvalue weighted by Gasteiger charge is -2.33. The largest absolute Gasteiger partial charge is 0.486 e. The molecule has 1 aromatic rings. The van der Waals surface area contributed by atoms with E-state index in [4.69, 9.17) is 9.47 Å². The predicted molar refractivity (Wildman–Crippen MR) is 68.5 cm³/mol. The van der Waals surface area contributed by atoms with Gasteiger partial charge in [0.2, 0.25) is 0 Å². The predicted octanol–water partition coefficient (Wildman–Crippen LogP) is 2.02. The van der Waals surface area contributed by atoms with Crippen LogP contribution in [-0.4, -0.2) is 31.1 Å². The Morgan fingerprint density at radius 2 is 1.89 bits per heavy atom. The zero-order valence-corrected chi connectivity index (χ0v) is 10.7. The van der Waals surface area contributed by atoms with Crippen molar-refractivity contribution in [1.82, 2.24) is 0 Å². The second-order valence-corrected chi connectivity index (χ2v) is 5.44. The monoisotopic (exact) mass is 247 g/mol. The molecule has 2 aliphatic rings. The average Bonchev–Trinajstić information content (AvgIpc) is 2.62. The first kappa shape index (κ1) is 11.4. The molecule has 0 atom stereocenters. The summed E-state index contributed by atoms with van der Waals surface area (Å²) in [7, 11) is 0. The lowest BCUT2D eigenvalue weighted by Crippen LogP contribution is -2.38. The SMILES string of the molecule is CC1(C)CC(=O)CN1c1ccc2c(c1)OCCO2. The van der Waals surface area contributed by atoms with Gasteiger partial charge in [-0.25, -0.2) is 0 Å². The number of hydrogen-bond donors (Lipinski definition) is 0. The number of carbonyl (C=O) groups is 1. The summed E-state index contributed by atoms with van der Waals surface area (Å²) in [4.78, 5) is 13.8. The lowest BCUT2D eigenvalue weighted by atomic mass is 10.0.